The number of nitrogens with zero attached hydrogens (tertiary/aromatic N) is 2. The first-order valence-corrected chi connectivity index (χ1v) is 9.07. The Morgan fingerprint density at radius 2 is 1.92 bits per heavy atom. The van der Waals surface area contributed by atoms with Crippen LogP contribution in [0, 0.1) is 0 Å². The van der Waals surface area contributed by atoms with Gasteiger partial charge in [0.05, 0.1) is 13.3 Å². The molecule has 128 valence electrons. The van der Waals surface area contributed by atoms with E-state index in [-0.39, 0.29) is 0 Å². The van der Waals surface area contributed by atoms with E-state index in [9.17, 15) is 0 Å². The molecule has 4 rings (SSSR count). The van der Waals surface area contributed by atoms with Gasteiger partial charge in [-0.3, -0.25) is 4.98 Å². The van der Waals surface area contributed by atoms with Gasteiger partial charge in [-0.1, -0.05) is 18.2 Å². The summed E-state index contributed by atoms with van der Waals surface area (Å²) in [6.45, 7) is 0. The van der Waals surface area contributed by atoms with Crippen molar-refractivity contribution in [2.45, 2.75) is 0 Å². The van der Waals surface area contributed by atoms with Crippen LogP contribution in [0.2, 0.25) is 0 Å². The first-order valence-electron chi connectivity index (χ1n) is 8.19. The van der Waals surface area contributed by atoms with Crippen molar-refractivity contribution in [3.8, 4) is 27.3 Å². The molecular weight excluding hydrogens is 342 g/mol. The van der Waals surface area contributed by atoms with Crippen LogP contribution >= 0.6 is 11.3 Å². The van der Waals surface area contributed by atoms with Crippen molar-refractivity contribution >= 4 is 22.8 Å². The molecule has 4 nitrogen and oxygen atoms in total. The molecule has 0 fully saturated rings. The second-order valence-electron chi connectivity index (χ2n) is 5.69. The van der Waals surface area contributed by atoms with Gasteiger partial charge >= 0.3 is 0 Å². The Labute approximate surface area is 156 Å². The van der Waals surface area contributed by atoms with Crippen molar-refractivity contribution < 1.29 is 4.74 Å². The predicted molar refractivity (Wildman–Crippen MR) is 107 cm³/mol. The van der Waals surface area contributed by atoms with Crippen LogP contribution in [0.15, 0.2) is 78.6 Å². The van der Waals surface area contributed by atoms with E-state index >= 15 is 0 Å². The number of nitrogens with one attached hydrogen (secondary N) is 1. The fourth-order valence-corrected chi connectivity index (χ4v) is 3.53. The van der Waals surface area contributed by atoms with Crippen molar-refractivity contribution in [2.24, 2.45) is 0 Å². The van der Waals surface area contributed by atoms with Crippen molar-refractivity contribution in [2.75, 3.05) is 12.4 Å². The smallest absolute Gasteiger partial charge is 0.148 e. The van der Waals surface area contributed by atoms with Gasteiger partial charge in [0.15, 0.2) is 0 Å². The molecule has 4 aromatic rings. The zero-order chi connectivity index (χ0) is 17.8. The summed E-state index contributed by atoms with van der Waals surface area (Å²) < 4.78 is 5.59. The zero-order valence-electron chi connectivity index (χ0n) is 14.2. The molecule has 2 aromatic carbocycles. The summed E-state index contributed by atoms with van der Waals surface area (Å²) in [6, 6.07) is 18.7. The van der Waals surface area contributed by atoms with E-state index in [2.05, 4.69) is 57.1 Å². The monoisotopic (exact) mass is 359 g/mol. The molecule has 26 heavy (non-hydrogen) atoms. The molecule has 0 aliphatic carbocycles. The number of aromatic nitrogens is 2. The Balaban J connectivity index is 1.72. The standard InChI is InChI=1S/C21H17N3OS/c1-25-19-8-7-16(20-6-3-11-26-20)13-18(19)15-4-2-5-17(12-15)24-21-14-22-9-10-23-21/h2-14H,1H3,(H,23,24). The van der Waals surface area contributed by atoms with Gasteiger partial charge in [0.2, 0.25) is 0 Å². The highest BCUT2D eigenvalue weighted by molar-refractivity contribution is 7.13. The summed E-state index contributed by atoms with van der Waals surface area (Å²) in [4.78, 5) is 9.58. The lowest BCUT2D eigenvalue weighted by atomic mass is 10.0. The minimum Gasteiger partial charge on any atom is -0.496 e. The van der Waals surface area contributed by atoms with Gasteiger partial charge in [0.1, 0.15) is 11.6 Å². The molecule has 0 amide bonds. The maximum atomic E-state index is 5.59. The molecule has 0 aliphatic rings. The molecule has 1 N–H and O–H groups in total. The molecule has 2 aromatic heterocycles. The van der Waals surface area contributed by atoms with Crippen LogP contribution in [-0.4, -0.2) is 17.1 Å². The van der Waals surface area contributed by atoms with Crippen LogP contribution < -0.4 is 10.1 Å². The Morgan fingerprint density at radius 3 is 2.69 bits per heavy atom. The molecule has 0 radical (unpaired) electrons. The van der Waals surface area contributed by atoms with Crippen LogP contribution in [0.3, 0.4) is 0 Å². The Morgan fingerprint density at radius 1 is 0.962 bits per heavy atom. The molecule has 2 heterocycles. The summed E-state index contributed by atoms with van der Waals surface area (Å²) in [5.41, 5.74) is 4.27. The summed E-state index contributed by atoms with van der Waals surface area (Å²) in [6.07, 6.45) is 5.02. The molecule has 0 saturated heterocycles. The molecule has 0 spiro atoms. The highest BCUT2D eigenvalue weighted by Crippen LogP contribution is 2.36. The Hall–Kier alpha value is -3.18. The van der Waals surface area contributed by atoms with E-state index < -0.39 is 0 Å². The number of methoxy groups -OCH3 is 1. The van der Waals surface area contributed by atoms with E-state index in [4.69, 9.17) is 4.74 Å². The van der Waals surface area contributed by atoms with E-state index in [1.807, 2.05) is 18.2 Å². The van der Waals surface area contributed by atoms with Crippen molar-refractivity contribution in [3.05, 3.63) is 78.6 Å². The predicted octanol–water partition coefficient (Wildman–Crippen LogP) is 5.62. The third kappa shape index (κ3) is 3.43. The number of hydrogen-bond acceptors (Lipinski definition) is 5. The van der Waals surface area contributed by atoms with Gasteiger partial charge in [-0.05, 0) is 52.9 Å². The lowest BCUT2D eigenvalue weighted by Gasteiger charge is -2.12. The molecule has 0 atom stereocenters. The van der Waals surface area contributed by atoms with E-state index in [0.29, 0.717) is 5.82 Å². The van der Waals surface area contributed by atoms with E-state index in [1.54, 1.807) is 37.0 Å². The highest BCUT2D eigenvalue weighted by atomic mass is 32.1. The number of thiophene rings is 1. The fraction of sp³-hybridized carbons (Fsp3) is 0.0476. The number of anilines is 2. The lowest BCUT2D eigenvalue weighted by molar-refractivity contribution is 0.416. The Bertz CT molecular complexity index is 1000. The van der Waals surface area contributed by atoms with Crippen LogP contribution in [0.5, 0.6) is 5.75 Å². The lowest BCUT2D eigenvalue weighted by Crippen LogP contribution is -1.94. The van der Waals surface area contributed by atoms with Gasteiger partial charge in [-0.15, -0.1) is 11.3 Å². The van der Waals surface area contributed by atoms with E-state index in [0.717, 1.165) is 22.6 Å². The number of ether oxygens (including phenoxy) is 1. The second-order valence-corrected chi connectivity index (χ2v) is 6.64. The van der Waals surface area contributed by atoms with Crippen LogP contribution in [0.25, 0.3) is 21.6 Å². The van der Waals surface area contributed by atoms with Gasteiger partial charge in [-0.25, -0.2) is 4.98 Å². The van der Waals surface area contributed by atoms with Crippen LogP contribution in [0.4, 0.5) is 11.5 Å². The van der Waals surface area contributed by atoms with Gasteiger partial charge in [0, 0.05) is 28.5 Å². The minimum atomic E-state index is 0.712. The average molecular weight is 359 g/mol. The maximum absolute atomic E-state index is 5.59. The molecule has 5 heteroatoms. The second kappa shape index (κ2) is 7.37. The summed E-state index contributed by atoms with van der Waals surface area (Å²) >= 11 is 1.73. The van der Waals surface area contributed by atoms with Crippen molar-refractivity contribution in [1.29, 1.82) is 0 Å². The van der Waals surface area contributed by atoms with Crippen molar-refractivity contribution in [3.63, 3.8) is 0 Å². The first kappa shape index (κ1) is 16.3. The van der Waals surface area contributed by atoms with E-state index in [1.165, 1.54) is 10.4 Å². The topological polar surface area (TPSA) is 47.0 Å². The summed E-state index contributed by atoms with van der Waals surface area (Å²) in [7, 11) is 1.70. The molecule has 0 unspecified atom stereocenters. The quantitative estimate of drug-likeness (QED) is 0.502. The Kier molecular flexibility index (Phi) is 4.62. The van der Waals surface area contributed by atoms with Gasteiger partial charge < -0.3 is 10.1 Å². The van der Waals surface area contributed by atoms with Crippen LogP contribution in [0.1, 0.15) is 0 Å². The zero-order valence-corrected chi connectivity index (χ0v) is 15.0. The highest BCUT2D eigenvalue weighted by Gasteiger charge is 2.10. The van der Waals surface area contributed by atoms with Crippen LogP contribution in [-0.2, 0) is 0 Å². The van der Waals surface area contributed by atoms with Gasteiger partial charge in [0.25, 0.3) is 0 Å². The average Bonchev–Trinajstić information content (AvgIpc) is 3.23. The number of benzene rings is 2. The maximum Gasteiger partial charge on any atom is 0.148 e. The molecule has 0 bridgehead atoms. The third-order valence-corrected chi connectivity index (χ3v) is 4.93. The fourth-order valence-electron chi connectivity index (χ4n) is 2.81. The van der Waals surface area contributed by atoms with Gasteiger partial charge in [-0.2, -0.15) is 0 Å². The third-order valence-electron chi connectivity index (χ3n) is 4.01. The minimum absolute atomic E-state index is 0.712. The number of rotatable bonds is 5. The van der Waals surface area contributed by atoms with Crippen molar-refractivity contribution in [1.82, 2.24) is 9.97 Å². The normalized spacial score (nSPS) is 10.5. The summed E-state index contributed by atoms with van der Waals surface area (Å²) in [5, 5.41) is 5.37. The number of hydrogen-bond donors (Lipinski definition) is 1. The molecule has 0 aliphatic heterocycles. The largest absolute Gasteiger partial charge is 0.496 e. The first-order chi connectivity index (χ1) is 12.8. The molecule has 0 saturated carbocycles. The SMILES string of the molecule is COc1ccc(-c2cccs2)cc1-c1cccc(Nc2cnccn2)c1. The molecular formula is C21H17N3OS. The summed E-state index contributed by atoms with van der Waals surface area (Å²) in [5.74, 6) is 1.56.